The third-order valence-electron chi connectivity index (χ3n) is 8.55. The summed E-state index contributed by atoms with van der Waals surface area (Å²) in [6, 6.07) is 30.9. The lowest BCUT2D eigenvalue weighted by atomic mass is 9.86. The van der Waals surface area contributed by atoms with Crippen LogP contribution in [0, 0.1) is 5.92 Å². The molecule has 2 heterocycles. The summed E-state index contributed by atoms with van der Waals surface area (Å²) >= 11 is 0. The van der Waals surface area contributed by atoms with Crippen LogP contribution in [0.5, 0.6) is 0 Å². The topological polar surface area (TPSA) is 93.2 Å². The highest BCUT2D eigenvalue weighted by atomic mass is 16.3. The number of hydrogen-bond acceptors (Lipinski definition) is 4. The zero-order valence-electron chi connectivity index (χ0n) is 22.8. The van der Waals surface area contributed by atoms with E-state index in [-0.39, 0.29) is 12.0 Å². The number of aromatic nitrogens is 2. The van der Waals surface area contributed by atoms with Crippen molar-refractivity contribution in [1.29, 1.82) is 0 Å². The summed E-state index contributed by atoms with van der Waals surface area (Å²) in [4.78, 5) is 17.1. The molecular formula is C35H32N4O2. The van der Waals surface area contributed by atoms with Gasteiger partial charge in [0.2, 0.25) is 0 Å². The molecule has 0 spiro atoms. The van der Waals surface area contributed by atoms with Crippen molar-refractivity contribution in [2.45, 2.75) is 31.8 Å². The highest BCUT2D eigenvalue weighted by molar-refractivity contribution is 6.16. The number of rotatable bonds is 6. The van der Waals surface area contributed by atoms with Crippen LogP contribution >= 0.6 is 0 Å². The van der Waals surface area contributed by atoms with Gasteiger partial charge in [-0.1, -0.05) is 61.4 Å². The highest BCUT2D eigenvalue weighted by Gasteiger charge is 2.24. The molecule has 0 radical (unpaired) electrons. The van der Waals surface area contributed by atoms with Gasteiger partial charge >= 0.3 is 0 Å². The third-order valence-corrected chi connectivity index (χ3v) is 8.55. The third kappa shape index (κ3) is 4.50. The van der Waals surface area contributed by atoms with E-state index in [1.165, 1.54) is 0 Å². The maximum atomic E-state index is 12.4. The lowest BCUT2D eigenvalue weighted by molar-refractivity contribution is 0.0763. The molecule has 4 aromatic carbocycles. The van der Waals surface area contributed by atoms with E-state index in [0.717, 1.165) is 75.2 Å². The minimum Gasteiger partial charge on any atom is -0.393 e. The van der Waals surface area contributed by atoms with Crippen molar-refractivity contribution in [3.63, 3.8) is 0 Å². The minimum absolute atomic E-state index is 0.152. The van der Waals surface area contributed by atoms with Gasteiger partial charge in [0.1, 0.15) is 0 Å². The first kappa shape index (κ1) is 25.3. The van der Waals surface area contributed by atoms with E-state index in [1.54, 1.807) is 6.07 Å². The summed E-state index contributed by atoms with van der Waals surface area (Å²) in [6.07, 6.45) is 5.60. The summed E-state index contributed by atoms with van der Waals surface area (Å²) in [5.41, 5.74) is 13.1. The molecule has 0 aliphatic heterocycles. The van der Waals surface area contributed by atoms with Gasteiger partial charge < -0.3 is 20.7 Å². The summed E-state index contributed by atoms with van der Waals surface area (Å²) in [7, 11) is 0. The lowest BCUT2D eigenvalue weighted by Crippen LogP contribution is -2.30. The Morgan fingerprint density at radius 3 is 2.61 bits per heavy atom. The predicted octanol–water partition coefficient (Wildman–Crippen LogP) is 7.06. The minimum atomic E-state index is -0.475. The Kier molecular flexibility index (Phi) is 6.40. The Bertz CT molecular complexity index is 1930. The van der Waals surface area contributed by atoms with Gasteiger partial charge in [-0.15, -0.1) is 0 Å². The van der Waals surface area contributed by atoms with Crippen LogP contribution in [0.1, 0.15) is 36.0 Å². The molecule has 2 aromatic heterocycles. The average molecular weight is 541 g/mol. The summed E-state index contributed by atoms with van der Waals surface area (Å²) in [5, 5.41) is 17.4. The van der Waals surface area contributed by atoms with Crippen LogP contribution in [-0.4, -0.2) is 33.2 Å². The summed E-state index contributed by atoms with van der Waals surface area (Å²) in [6.45, 7) is 0.594. The number of primary amides is 1. The van der Waals surface area contributed by atoms with Gasteiger partial charge in [0, 0.05) is 51.8 Å². The standard InChI is InChI=1S/C35H32N4O2/c36-35(41)27-17-16-25(19-30(27)38-20-23-9-2-6-15-33(23)40)39-31-13-5-3-10-28(31)34-26(11-7-14-32(34)39)24-18-22-8-1-4-12-29(22)37-21-24/h1,3-5,7-8,10-14,16-19,21,23,33,38,40H,2,6,9,15,20H2,(H2,36,41)/t23-,33-/m0/s1. The molecule has 1 saturated carbocycles. The van der Waals surface area contributed by atoms with E-state index in [9.17, 15) is 9.90 Å². The molecule has 2 atom stereocenters. The number of carbonyl (C=O) groups excluding carboxylic acids is 1. The molecule has 6 heteroatoms. The zero-order valence-corrected chi connectivity index (χ0v) is 22.8. The van der Waals surface area contributed by atoms with Crippen LogP contribution < -0.4 is 11.1 Å². The number of anilines is 1. The first-order chi connectivity index (χ1) is 20.1. The number of para-hydroxylation sites is 2. The number of pyridine rings is 1. The van der Waals surface area contributed by atoms with E-state index in [1.807, 2.05) is 36.5 Å². The Morgan fingerprint density at radius 1 is 0.927 bits per heavy atom. The molecule has 0 bridgehead atoms. The monoisotopic (exact) mass is 540 g/mol. The molecule has 1 fully saturated rings. The van der Waals surface area contributed by atoms with Crippen molar-refractivity contribution in [3.8, 4) is 16.8 Å². The number of nitrogens with two attached hydrogens (primary N) is 1. The molecule has 6 nitrogen and oxygen atoms in total. The predicted molar refractivity (Wildman–Crippen MR) is 166 cm³/mol. The second kappa shape index (κ2) is 10.4. The van der Waals surface area contributed by atoms with Gasteiger partial charge in [0.25, 0.3) is 5.91 Å². The van der Waals surface area contributed by atoms with E-state index in [4.69, 9.17) is 10.7 Å². The number of hydrogen-bond donors (Lipinski definition) is 3. The Morgan fingerprint density at radius 2 is 1.73 bits per heavy atom. The van der Waals surface area contributed by atoms with Crippen LogP contribution in [0.4, 0.5) is 5.69 Å². The maximum absolute atomic E-state index is 12.4. The SMILES string of the molecule is NC(=O)c1ccc(-n2c3ccccc3c3c(-c4cnc5ccccc5c4)cccc32)cc1NC[C@@H]1CCCC[C@@H]1O. The Labute approximate surface area is 238 Å². The Hall–Kier alpha value is -4.68. The van der Waals surface area contributed by atoms with Crippen molar-refractivity contribution < 1.29 is 9.90 Å². The molecule has 1 aliphatic carbocycles. The largest absolute Gasteiger partial charge is 0.393 e. The van der Waals surface area contributed by atoms with Crippen molar-refractivity contribution in [1.82, 2.24) is 9.55 Å². The molecule has 7 rings (SSSR count). The van der Waals surface area contributed by atoms with Crippen LogP contribution in [-0.2, 0) is 0 Å². The fourth-order valence-corrected chi connectivity index (χ4v) is 6.46. The number of nitrogens with one attached hydrogen (secondary N) is 1. The number of nitrogens with zero attached hydrogens (tertiary/aromatic N) is 2. The van der Waals surface area contributed by atoms with Gasteiger partial charge in [-0.2, -0.15) is 0 Å². The molecule has 204 valence electrons. The lowest BCUT2D eigenvalue weighted by Gasteiger charge is -2.28. The molecule has 1 aliphatic rings. The average Bonchev–Trinajstić information content (AvgIpc) is 3.35. The molecule has 4 N–H and O–H groups in total. The zero-order chi connectivity index (χ0) is 27.9. The maximum Gasteiger partial charge on any atom is 0.250 e. The second-order valence-corrected chi connectivity index (χ2v) is 11.1. The van der Waals surface area contributed by atoms with Crippen molar-refractivity contribution in [3.05, 3.63) is 103 Å². The molecule has 6 aromatic rings. The van der Waals surface area contributed by atoms with E-state index in [2.05, 4.69) is 64.5 Å². The number of carbonyl (C=O) groups is 1. The number of benzene rings is 4. The van der Waals surface area contributed by atoms with E-state index in [0.29, 0.717) is 17.8 Å². The van der Waals surface area contributed by atoms with Gasteiger partial charge in [-0.05, 0) is 60.9 Å². The number of amides is 1. The smallest absolute Gasteiger partial charge is 0.250 e. The Balaban J connectivity index is 1.38. The van der Waals surface area contributed by atoms with Crippen molar-refractivity contribution in [2.24, 2.45) is 11.7 Å². The first-order valence-electron chi connectivity index (χ1n) is 14.3. The molecular weight excluding hydrogens is 508 g/mol. The first-order valence-corrected chi connectivity index (χ1v) is 14.3. The molecule has 0 unspecified atom stereocenters. The molecule has 0 saturated heterocycles. The molecule has 41 heavy (non-hydrogen) atoms. The molecule has 1 amide bonds. The van der Waals surface area contributed by atoms with Crippen LogP contribution in [0.2, 0.25) is 0 Å². The highest BCUT2D eigenvalue weighted by Crippen LogP contribution is 2.39. The quantitative estimate of drug-likeness (QED) is 0.211. The van der Waals surface area contributed by atoms with Crippen molar-refractivity contribution in [2.75, 3.05) is 11.9 Å². The number of fused-ring (bicyclic) bond motifs is 4. The van der Waals surface area contributed by atoms with Crippen LogP contribution in [0.3, 0.4) is 0 Å². The van der Waals surface area contributed by atoms with Crippen LogP contribution in [0.15, 0.2) is 97.2 Å². The second-order valence-electron chi connectivity index (χ2n) is 11.1. The number of aliphatic hydroxyl groups excluding tert-OH is 1. The van der Waals surface area contributed by atoms with Gasteiger partial charge in [-0.3, -0.25) is 9.78 Å². The fourth-order valence-electron chi connectivity index (χ4n) is 6.46. The van der Waals surface area contributed by atoms with Gasteiger partial charge in [0.05, 0.1) is 28.2 Å². The van der Waals surface area contributed by atoms with Gasteiger partial charge in [-0.25, -0.2) is 0 Å². The van der Waals surface area contributed by atoms with Crippen molar-refractivity contribution >= 4 is 44.3 Å². The van der Waals surface area contributed by atoms with E-state index >= 15 is 0 Å². The fraction of sp³-hybridized carbons (Fsp3) is 0.200. The number of aliphatic hydroxyl groups is 1. The normalized spacial score (nSPS) is 17.3. The van der Waals surface area contributed by atoms with E-state index < -0.39 is 5.91 Å². The van der Waals surface area contributed by atoms with Crippen LogP contribution in [0.25, 0.3) is 49.5 Å². The summed E-state index contributed by atoms with van der Waals surface area (Å²) < 4.78 is 2.24. The summed E-state index contributed by atoms with van der Waals surface area (Å²) in [5.74, 6) is -0.323. The van der Waals surface area contributed by atoms with Gasteiger partial charge in [0.15, 0.2) is 0 Å².